The highest BCUT2D eigenvalue weighted by molar-refractivity contribution is 6.28. The van der Waals surface area contributed by atoms with Crippen molar-refractivity contribution in [2.45, 2.75) is 0 Å². The number of rotatable bonds is 2. The molecule has 190 valence electrons. The van der Waals surface area contributed by atoms with Crippen molar-refractivity contribution in [3.05, 3.63) is 146 Å². The molecule has 0 aliphatic heterocycles. The Labute approximate surface area is 236 Å². The highest BCUT2D eigenvalue weighted by Gasteiger charge is 2.22. The SMILES string of the molecule is c1ccc(-c2c3ccccc3c(-c3c4ccccc4cc4c3oc3cc5ccccc5cc34)c3ccccc23)cc1. The molecule has 0 unspecified atom stereocenters. The molecule has 1 aromatic heterocycles. The Hall–Kier alpha value is -5.40. The second-order valence-electron chi connectivity index (χ2n) is 10.9. The Morgan fingerprint density at radius 1 is 0.317 bits per heavy atom. The standard InChI is InChI=1S/C40H24O/c1-2-12-25(13-3-1)37-30-18-8-10-20-32(30)38(33-21-11-9-19-31(33)37)39-29-17-7-6-16-28(29)23-35-34-22-26-14-4-5-15-27(26)24-36(34)41-40(35)39/h1-24H. The fourth-order valence-electron chi connectivity index (χ4n) is 6.82. The summed E-state index contributed by atoms with van der Waals surface area (Å²) in [5, 5.41) is 12.1. The quantitative estimate of drug-likeness (QED) is 0.207. The van der Waals surface area contributed by atoms with Crippen LogP contribution in [-0.4, -0.2) is 0 Å². The number of hydrogen-bond acceptors (Lipinski definition) is 1. The predicted molar refractivity (Wildman–Crippen MR) is 175 cm³/mol. The topological polar surface area (TPSA) is 13.1 Å². The van der Waals surface area contributed by atoms with Crippen molar-refractivity contribution in [1.82, 2.24) is 0 Å². The third-order valence-corrected chi connectivity index (χ3v) is 8.60. The Morgan fingerprint density at radius 3 is 1.46 bits per heavy atom. The van der Waals surface area contributed by atoms with E-state index in [1.54, 1.807) is 0 Å². The molecule has 9 aromatic rings. The molecule has 0 N–H and O–H groups in total. The van der Waals surface area contributed by atoms with Gasteiger partial charge in [-0.15, -0.1) is 0 Å². The average molecular weight is 521 g/mol. The molecule has 0 atom stereocenters. The van der Waals surface area contributed by atoms with E-state index in [1.165, 1.54) is 59.8 Å². The van der Waals surface area contributed by atoms with Gasteiger partial charge >= 0.3 is 0 Å². The van der Waals surface area contributed by atoms with E-state index in [0.29, 0.717) is 0 Å². The molecule has 0 aliphatic carbocycles. The molecular formula is C40H24O. The first-order valence-corrected chi connectivity index (χ1v) is 14.1. The molecule has 1 heteroatoms. The summed E-state index contributed by atoms with van der Waals surface area (Å²) in [5.41, 5.74) is 6.74. The smallest absolute Gasteiger partial charge is 0.143 e. The van der Waals surface area contributed by atoms with Gasteiger partial charge in [-0.05, 0) is 72.4 Å². The molecule has 0 radical (unpaired) electrons. The maximum Gasteiger partial charge on any atom is 0.143 e. The van der Waals surface area contributed by atoms with Crippen LogP contribution in [0.1, 0.15) is 0 Å². The first-order valence-electron chi connectivity index (χ1n) is 14.1. The molecule has 0 bridgehead atoms. The maximum atomic E-state index is 6.87. The van der Waals surface area contributed by atoms with Crippen molar-refractivity contribution in [1.29, 1.82) is 0 Å². The van der Waals surface area contributed by atoms with Gasteiger partial charge in [-0.2, -0.15) is 0 Å². The Balaban J connectivity index is 1.52. The number of furan rings is 1. The Bertz CT molecular complexity index is 2410. The third kappa shape index (κ3) is 3.24. The van der Waals surface area contributed by atoms with Crippen molar-refractivity contribution in [2.24, 2.45) is 0 Å². The van der Waals surface area contributed by atoms with Crippen LogP contribution < -0.4 is 0 Å². The Kier molecular flexibility index (Phi) is 4.67. The molecule has 0 amide bonds. The molecular weight excluding hydrogens is 496 g/mol. The van der Waals surface area contributed by atoms with Gasteiger partial charge in [0, 0.05) is 21.9 Å². The van der Waals surface area contributed by atoms with Crippen LogP contribution in [0.4, 0.5) is 0 Å². The minimum Gasteiger partial charge on any atom is -0.455 e. The number of fused-ring (bicyclic) bond motifs is 7. The van der Waals surface area contributed by atoms with Gasteiger partial charge < -0.3 is 4.42 Å². The van der Waals surface area contributed by atoms with Gasteiger partial charge in [-0.1, -0.05) is 127 Å². The van der Waals surface area contributed by atoms with Gasteiger partial charge in [-0.25, -0.2) is 0 Å². The third-order valence-electron chi connectivity index (χ3n) is 8.60. The second kappa shape index (κ2) is 8.55. The van der Waals surface area contributed by atoms with Gasteiger partial charge in [0.15, 0.2) is 0 Å². The lowest BCUT2D eigenvalue weighted by Gasteiger charge is -2.19. The normalized spacial score (nSPS) is 11.9. The first kappa shape index (κ1) is 22.4. The lowest BCUT2D eigenvalue weighted by Crippen LogP contribution is -1.92. The van der Waals surface area contributed by atoms with Gasteiger partial charge in [0.2, 0.25) is 0 Å². The molecule has 1 heterocycles. The van der Waals surface area contributed by atoms with Crippen LogP contribution in [0.3, 0.4) is 0 Å². The summed E-state index contributed by atoms with van der Waals surface area (Å²) >= 11 is 0. The molecule has 9 rings (SSSR count). The molecule has 0 saturated heterocycles. The van der Waals surface area contributed by atoms with Crippen molar-refractivity contribution in [2.75, 3.05) is 0 Å². The zero-order chi connectivity index (χ0) is 26.9. The second-order valence-corrected chi connectivity index (χ2v) is 10.9. The molecule has 1 nitrogen and oxygen atoms in total. The lowest BCUT2D eigenvalue weighted by molar-refractivity contribution is 0.671. The van der Waals surface area contributed by atoms with Gasteiger partial charge in [0.25, 0.3) is 0 Å². The minimum absolute atomic E-state index is 0.921. The van der Waals surface area contributed by atoms with E-state index >= 15 is 0 Å². The highest BCUT2D eigenvalue weighted by Crippen LogP contribution is 2.49. The van der Waals surface area contributed by atoms with E-state index in [4.69, 9.17) is 4.42 Å². The summed E-state index contributed by atoms with van der Waals surface area (Å²) in [6.07, 6.45) is 0. The van der Waals surface area contributed by atoms with Crippen LogP contribution in [-0.2, 0) is 0 Å². The molecule has 41 heavy (non-hydrogen) atoms. The van der Waals surface area contributed by atoms with E-state index in [-0.39, 0.29) is 0 Å². The maximum absolute atomic E-state index is 6.87. The molecule has 0 saturated carbocycles. The summed E-state index contributed by atoms with van der Waals surface area (Å²) < 4.78 is 6.87. The zero-order valence-electron chi connectivity index (χ0n) is 22.3. The molecule has 8 aromatic carbocycles. The van der Waals surface area contributed by atoms with E-state index in [0.717, 1.165) is 27.5 Å². The fraction of sp³-hybridized carbons (Fsp3) is 0. The summed E-state index contributed by atoms with van der Waals surface area (Å²) in [7, 11) is 0. The van der Waals surface area contributed by atoms with Crippen LogP contribution >= 0.6 is 0 Å². The van der Waals surface area contributed by atoms with Crippen LogP contribution in [0, 0.1) is 0 Å². The highest BCUT2D eigenvalue weighted by atomic mass is 16.3. The van der Waals surface area contributed by atoms with E-state index in [1.807, 2.05) is 0 Å². The van der Waals surface area contributed by atoms with Crippen molar-refractivity contribution in [3.8, 4) is 22.3 Å². The zero-order valence-corrected chi connectivity index (χ0v) is 22.3. The summed E-state index contributed by atoms with van der Waals surface area (Å²) in [5.74, 6) is 0. The van der Waals surface area contributed by atoms with Gasteiger partial charge in [0.05, 0.1) is 0 Å². The largest absolute Gasteiger partial charge is 0.455 e. The number of benzene rings is 8. The van der Waals surface area contributed by atoms with Gasteiger partial charge in [-0.3, -0.25) is 0 Å². The van der Waals surface area contributed by atoms with E-state index in [2.05, 4.69) is 146 Å². The summed E-state index contributed by atoms with van der Waals surface area (Å²) in [6, 6.07) is 52.5. The Morgan fingerprint density at radius 2 is 0.805 bits per heavy atom. The minimum atomic E-state index is 0.921. The van der Waals surface area contributed by atoms with E-state index < -0.39 is 0 Å². The number of hydrogen-bond donors (Lipinski definition) is 0. The van der Waals surface area contributed by atoms with Crippen LogP contribution in [0.25, 0.3) is 87.3 Å². The van der Waals surface area contributed by atoms with Crippen molar-refractivity contribution in [3.63, 3.8) is 0 Å². The fourth-order valence-corrected chi connectivity index (χ4v) is 6.82. The van der Waals surface area contributed by atoms with Crippen LogP contribution in [0.2, 0.25) is 0 Å². The monoisotopic (exact) mass is 520 g/mol. The summed E-state index contributed by atoms with van der Waals surface area (Å²) in [6.45, 7) is 0. The molecule has 0 fully saturated rings. The van der Waals surface area contributed by atoms with Gasteiger partial charge in [0.1, 0.15) is 11.2 Å². The summed E-state index contributed by atoms with van der Waals surface area (Å²) in [4.78, 5) is 0. The van der Waals surface area contributed by atoms with Crippen molar-refractivity contribution >= 4 is 65.0 Å². The predicted octanol–water partition coefficient (Wildman–Crippen LogP) is 11.5. The molecule has 0 spiro atoms. The molecule has 0 aliphatic rings. The first-order chi connectivity index (χ1) is 20.3. The average Bonchev–Trinajstić information content (AvgIpc) is 3.38. The van der Waals surface area contributed by atoms with Crippen LogP contribution in [0.5, 0.6) is 0 Å². The van der Waals surface area contributed by atoms with Crippen molar-refractivity contribution < 1.29 is 4.42 Å². The lowest BCUT2D eigenvalue weighted by atomic mass is 9.84. The van der Waals surface area contributed by atoms with Crippen LogP contribution in [0.15, 0.2) is 150 Å². The van der Waals surface area contributed by atoms with E-state index in [9.17, 15) is 0 Å².